The maximum Gasteiger partial charge on any atom is 0.0366 e. The first kappa shape index (κ1) is 16.0. The largest absolute Gasteiger partial charge is 0.370 e. The smallest absolute Gasteiger partial charge is 0.0366 e. The van der Waals surface area contributed by atoms with Crippen LogP contribution in [0.3, 0.4) is 0 Å². The van der Waals surface area contributed by atoms with Gasteiger partial charge in [0.2, 0.25) is 0 Å². The Morgan fingerprint density at radius 1 is 1.11 bits per heavy atom. The van der Waals surface area contributed by atoms with Crippen LogP contribution in [0.5, 0.6) is 0 Å². The van der Waals surface area contributed by atoms with Gasteiger partial charge in [-0.15, -0.1) is 0 Å². The van der Waals surface area contributed by atoms with Gasteiger partial charge in [0.1, 0.15) is 0 Å². The summed E-state index contributed by atoms with van der Waals surface area (Å²) in [6.07, 6.45) is 2.43. The second kappa shape index (κ2) is 8.98. The predicted molar refractivity (Wildman–Crippen MR) is 85.9 cm³/mol. The fraction of sp³-hybridized carbons (Fsp3) is 0.647. The average Bonchev–Trinajstić information content (AvgIpc) is 2.47. The molecule has 1 N–H and O–H groups in total. The highest BCUT2D eigenvalue weighted by atomic mass is 15.2. The lowest BCUT2D eigenvalue weighted by atomic mass is 9.98. The molecule has 1 rings (SSSR count). The quantitative estimate of drug-likeness (QED) is 0.725. The monoisotopic (exact) mass is 262 g/mol. The van der Waals surface area contributed by atoms with Crippen molar-refractivity contribution in [3.05, 3.63) is 30.3 Å². The summed E-state index contributed by atoms with van der Waals surface area (Å²) in [7, 11) is 0. The van der Waals surface area contributed by atoms with E-state index in [1.54, 1.807) is 0 Å². The number of para-hydroxylation sites is 1. The van der Waals surface area contributed by atoms with Gasteiger partial charge in [-0.2, -0.15) is 0 Å². The van der Waals surface area contributed by atoms with Crippen molar-refractivity contribution >= 4 is 5.69 Å². The van der Waals surface area contributed by atoms with E-state index in [0.29, 0.717) is 12.0 Å². The molecule has 0 heterocycles. The Morgan fingerprint density at radius 3 is 2.32 bits per heavy atom. The standard InChI is InChI=1S/C17H30N2/c1-5-13-18-17(15(4)6-2)14-19(7-3)16-11-9-8-10-12-16/h8-12,15,17-18H,5-7,13-14H2,1-4H3. The van der Waals surface area contributed by atoms with E-state index in [1.165, 1.54) is 18.5 Å². The van der Waals surface area contributed by atoms with Crippen LogP contribution in [0.2, 0.25) is 0 Å². The van der Waals surface area contributed by atoms with Crippen molar-refractivity contribution < 1.29 is 0 Å². The molecule has 0 amide bonds. The van der Waals surface area contributed by atoms with Gasteiger partial charge in [-0.3, -0.25) is 0 Å². The highest BCUT2D eigenvalue weighted by Gasteiger charge is 2.18. The van der Waals surface area contributed by atoms with Gasteiger partial charge in [0.15, 0.2) is 0 Å². The summed E-state index contributed by atoms with van der Waals surface area (Å²) in [5.41, 5.74) is 1.33. The van der Waals surface area contributed by atoms with Crippen molar-refractivity contribution in [3.63, 3.8) is 0 Å². The molecule has 0 spiro atoms. The maximum atomic E-state index is 3.71. The van der Waals surface area contributed by atoms with E-state index in [4.69, 9.17) is 0 Å². The highest BCUT2D eigenvalue weighted by molar-refractivity contribution is 5.46. The van der Waals surface area contributed by atoms with Gasteiger partial charge >= 0.3 is 0 Å². The van der Waals surface area contributed by atoms with E-state index in [2.05, 4.69) is 68.2 Å². The Morgan fingerprint density at radius 2 is 1.79 bits per heavy atom. The lowest BCUT2D eigenvalue weighted by molar-refractivity contribution is 0.367. The van der Waals surface area contributed by atoms with Gasteiger partial charge in [0.25, 0.3) is 0 Å². The number of rotatable bonds is 9. The summed E-state index contributed by atoms with van der Waals surface area (Å²) in [4.78, 5) is 2.47. The molecule has 0 aliphatic rings. The molecule has 1 aromatic rings. The zero-order valence-electron chi connectivity index (χ0n) is 13.0. The van der Waals surface area contributed by atoms with Crippen LogP contribution in [-0.4, -0.2) is 25.7 Å². The van der Waals surface area contributed by atoms with Gasteiger partial charge in [-0.25, -0.2) is 0 Å². The summed E-state index contributed by atoms with van der Waals surface area (Å²) >= 11 is 0. The molecule has 2 unspecified atom stereocenters. The number of anilines is 1. The molecule has 0 fully saturated rings. The van der Waals surface area contributed by atoms with Gasteiger partial charge in [-0.05, 0) is 37.9 Å². The van der Waals surface area contributed by atoms with E-state index < -0.39 is 0 Å². The topological polar surface area (TPSA) is 15.3 Å². The third kappa shape index (κ3) is 5.23. The molecule has 19 heavy (non-hydrogen) atoms. The molecule has 0 aliphatic heterocycles. The first-order valence-corrected chi connectivity index (χ1v) is 7.76. The van der Waals surface area contributed by atoms with Gasteiger partial charge < -0.3 is 10.2 Å². The Labute approximate surface area is 119 Å². The predicted octanol–water partition coefficient (Wildman–Crippen LogP) is 3.93. The molecular weight excluding hydrogens is 232 g/mol. The highest BCUT2D eigenvalue weighted by Crippen LogP contribution is 2.16. The fourth-order valence-electron chi connectivity index (χ4n) is 2.35. The minimum atomic E-state index is 0.574. The Balaban J connectivity index is 2.69. The maximum absolute atomic E-state index is 3.71. The summed E-state index contributed by atoms with van der Waals surface area (Å²) < 4.78 is 0. The molecule has 108 valence electrons. The van der Waals surface area contributed by atoms with Gasteiger partial charge in [0, 0.05) is 24.8 Å². The molecule has 2 atom stereocenters. The van der Waals surface area contributed by atoms with Crippen LogP contribution < -0.4 is 10.2 Å². The van der Waals surface area contributed by atoms with Crippen molar-refractivity contribution in [1.82, 2.24) is 5.32 Å². The molecule has 0 saturated carbocycles. The Hall–Kier alpha value is -1.02. The van der Waals surface area contributed by atoms with Crippen LogP contribution in [0.4, 0.5) is 5.69 Å². The van der Waals surface area contributed by atoms with Crippen LogP contribution in [0.15, 0.2) is 30.3 Å². The van der Waals surface area contributed by atoms with E-state index in [1.807, 2.05) is 0 Å². The lowest BCUT2D eigenvalue weighted by Gasteiger charge is -2.32. The van der Waals surface area contributed by atoms with Crippen molar-refractivity contribution in [2.45, 2.75) is 46.6 Å². The summed E-state index contributed by atoms with van der Waals surface area (Å²) in [6, 6.07) is 11.3. The van der Waals surface area contributed by atoms with Crippen LogP contribution in [0, 0.1) is 5.92 Å². The Bertz CT molecular complexity index is 323. The van der Waals surface area contributed by atoms with Crippen LogP contribution in [0.1, 0.15) is 40.5 Å². The zero-order valence-corrected chi connectivity index (χ0v) is 13.0. The van der Waals surface area contributed by atoms with Crippen molar-refractivity contribution in [3.8, 4) is 0 Å². The first-order chi connectivity index (χ1) is 9.22. The molecular formula is C17H30N2. The fourth-order valence-corrected chi connectivity index (χ4v) is 2.35. The van der Waals surface area contributed by atoms with E-state index in [9.17, 15) is 0 Å². The van der Waals surface area contributed by atoms with E-state index in [-0.39, 0.29) is 0 Å². The number of hydrogen-bond acceptors (Lipinski definition) is 2. The SMILES string of the molecule is CCCNC(CN(CC)c1ccccc1)C(C)CC. The third-order valence-electron chi connectivity index (χ3n) is 3.91. The van der Waals surface area contributed by atoms with E-state index in [0.717, 1.165) is 19.6 Å². The minimum Gasteiger partial charge on any atom is -0.370 e. The Kier molecular flexibility index (Phi) is 7.57. The summed E-state index contributed by atoms with van der Waals surface area (Å²) in [5, 5.41) is 3.71. The normalized spacial score (nSPS) is 14.1. The van der Waals surface area contributed by atoms with Crippen molar-refractivity contribution in [1.29, 1.82) is 0 Å². The number of hydrogen-bond donors (Lipinski definition) is 1. The minimum absolute atomic E-state index is 0.574. The third-order valence-corrected chi connectivity index (χ3v) is 3.91. The molecule has 0 aliphatic carbocycles. The molecule has 0 bridgehead atoms. The molecule has 0 aromatic heterocycles. The van der Waals surface area contributed by atoms with Crippen molar-refractivity contribution in [2.75, 3.05) is 24.5 Å². The van der Waals surface area contributed by atoms with Crippen LogP contribution in [0.25, 0.3) is 0 Å². The van der Waals surface area contributed by atoms with Crippen LogP contribution in [-0.2, 0) is 0 Å². The van der Waals surface area contributed by atoms with Gasteiger partial charge in [0.05, 0.1) is 0 Å². The lowest BCUT2D eigenvalue weighted by Crippen LogP contribution is -2.45. The molecule has 0 saturated heterocycles. The van der Waals surface area contributed by atoms with Crippen LogP contribution >= 0.6 is 0 Å². The number of nitrogens with one attached hydrogen (secondary N) is 1. The molecule has 1 aromatic carbocycles. The average molecular weight is 262 g/mol. The first-order valence-electron chi connectivity index (χ1n) is 7.76. The number of likely N-dealkylation sites (N-methyl/N-ethyl adjacent to an activating group) is 1. The second-order valence-corrected chi connectivity index (χ2v) is 5.32. The number of benzene rings is 1. The van der Waals surface area contributed by atoms with Crippen molar-refractivity contribution in [2.24, 2.45) is 5.92 Å². The summed E-state index contributed by atoms with van der Waals surface area (Å²) in [6.45, 7) is 12.4. The number of nitrogens with zero attached hydrogens (tertiary/aromatic N) is 1. The summed E-state index contributed by atoms with van der Waals surface area (Å²) in [5.74, 6) is 0.712. The molecule has 2 heteroatoms. The van der Waals surface area contributed by atoms with E-state index >= 15 is 0 Å². The molecule has 2 nitrogen and oxygen atoms in total. The van der Waals surface area contributed by atoms with Gasteiger partial charge in [-0.1, -0.05) is 45.4 Å². The zero-order chi connectivity index (χ0) is 14.1. The second-order valence-electron chi connectivity index (χ2n) is 5.32. The molecule has 0 radical (unpaired) electrons.